The highest BCUT2D eigenvalue weighted by Gasteiger charge is 2.07. The van der Waals surface area contributed by atoms with E-state index in [1.54, 1.807) is 30.5 Å². The third-order valence-electron chi connectivity index (χ3n) is 2.75. The van der Waals surface area contributed by atoms with Crippen LogP contribution in [0.15, 0.2) is 64.8 Å². The van der Waals surface area contributed by atoms with E-state index in [0.717, 1.165) is 5.57 Å². The second kappa shape index (κ2) is 7.36. The van der Waals surface area contributed by atoms with Crippen molar-refractivity contribution < 1.29 is 22.7 Å². The molecule has 114 valence electrons. The fourth-order valence-electron chi connectivity index (χ4n) is 1.77. The fraction of sp³-hybridized carbons (Fsp3) is 0.118. The molecule has 0 bridgehead atoms. The minimum Gasteiger partial charge on any atom is -0.465 e. The van der Waals surface area contributed by atoms with Gasteiger partial charge in [-0.1, -0.05) is 18.2 Å². The zero-order chi connectivity index (χ0) is 15.9. The van der Waals surface area contributed by atoms with Gasteiger partial charge in [-0.2, -0.15) is 8.78 Å². The molecule has 0 unspecified atom stereocenters. The maximum Gasteiger partial charge on any atom is 0.387 e. The van der Waals surface area contributed by atoms with E-state index in [4.69, 9.17) is 4.42 Å². The normalized spacial score (nSPS) is 12.1. The van der Waals surface area contributed by atoms with Gasteiger partial charge in [0.2, 0.25) is 0 Å². The molecule has 5 heteroatoms. The first-order valence-corrected chi connectivity index (χ1v) is 6.53. The summed E-state index contributed by atoms with van der Waals surface area (Å²) < 4.78 is 33.7. The van der Waals surface area contributed by atoms with Crippen molar-refractivity contribution in [2.45, 2.75) is 13.5 Å². The van der Waals surface area contributed by atoms with E-state index >= 15 is 0 Å². The van der Waals surface area contributed by atoms with Crippen LogP contribution in [-0.2, 0) is 0 Å². The highest BCUT2D eigenvalue weighted by molar-refractivity contribution is 6.05. The topological polar surface area (TPSA) is 39.4 Å². The molecule has 0 spiro atoms. The van der Waals surface area contributed by atoms with Gasteiger partial charge in [0, 0.05) is 5.56 Å². The van der Waals surface area contributed by atoms with Gasteiger partial charge in [0.05, 0.1) is 6.26 Å². The summed E-state index contributed by atoms with van der Waals surface area (Å²) in [4.78, 5) is 12.0. The monoisotopic (exact) mass is 304 g/mol. The zero-order valence-electron chi connectivity index (χ0n) is 11.8. The SMILES string of the molecule is CC(/C=C/C(=O)c1cccc(OC(F)F)c1)=C\c1ccco1. The van der Waals surface area contributed by atoms with Crippen LogP contribution >= 0.6 is 0 Å². The predicted octanol–water partition coefficient (Wildman–Crippen LogP) is 4.72. The van der Waals surface area contributed by atoms with Crippen LogP contribution in [0.1, 0.15) is 23.0 Å². The van der Waals surface area contributed by atoms with Gasteiger partial charge in [0.15, 0.2) is 5.78 Å². The maximum atomic E-state index is 12.2. The molecular weight excluding hydrogens is 290 g/mol. The molecule has 3 nitrogen and oxygen atoms in total. The molecule has 0 aliphatic carbocycles. The number of furan rings is 1. The Bertz CT molecular complexity index is 686. The summed E-state index contributed by atoms with van der Waals surface area (Å²) in [5.74, 6) is 0.339. The standard InChI is InChI=1S/C17H14F2O3/c1-12(10-14-6-3-9-21-14)7-8-16(20)13-4-2-5-15(11-13)22-17(18)19/h2-11,17H,1H3/b8-7+,12-10+. The number of halogens is 2. The van der Waals surface area contributed by atoms with Gasteiger partial charge in [0.25, 0.3) is 0 Å². The lowest BCUT2D eigenvalue weighted by Crippen LogP contribution is -2.03. The van der Waals surface area contributed by atoms with Gasteiger partial charge >= 0.3 is 6.61 Å². The smallest absolute Gasteiger partial charge is 0.387 e. The van der Waals surface area contributed by atoms with Crippen molar-refractivity contribution in [1.82, 2.24) is 0 Å². The van der Waals surface area contributed by atoms with Crippen LogP contribution in [0.5, 0.6) is 5.75 Å². The summed E-state index contributed by atoms with van der Waals surface area (Å²) in [5.41, 5.74) is 1.10. The van der Waals surface area contributed by atoms with E-state index in [2.05, 4.69) is 4.74 Å². The Labute approximate surface area is 126 Å². The molecule has 0 aliphatic rings. The summed E-state index contributed by atoms with van der Waals surface area (Å²) in [7, 11) is 0. The molecule has 1 aromatic heterocycles. The Balaban J connectivity index is 2.07. The minimum atomic E-state index is -2.92. The van der Waals surface area contributed by atoms with Crippen molar-refractivity contribution in [2.24, 2.45) is 0 Å². The van der Waals surface area contributed by atoms with Gasteiger partial charge in [0.1, 0.15) is 11.5 Å². The van der Waals surface area contributed by atoms with Crippen LogP contribution < -0.4 is 4.74 Å². The van der Waals surface area contributed by atoms with Crippen molar-refractivity contribution in [1.29, 1.82) is 0 Å². The molecule has 0 radical (unpaired) electrons. The second-order valence-electron chi connectivity index (χ2n) is 4.51. The minimum absolute atomic E-state index is 0.0444. The molecule has 0 saturated heterocycles. The maximum absolute atomic E-state index is 12.2. The molecule has 2 rings (SSSR count). The van der Waals surface area contributed by atoms with Gasteiger partial charge in [-0.05, 0) is 48.9 Å². The lowest BCUT2D eigenvalue weighted by molar-refractivity contribution is -0.0498. The van der Waals surface area contributed by atoms with E-state index in [-0.39, 0.29) is 17.1 Å². The summed E-state index contributed by atoms with van der Waals surface area (Å²) in [6.07, 6.45) is 6.34. The molecule has 0 atom stereocenters. The van der Waals surface area contributed by atoms with Crippen molar-refractivity contribution in [3.8, 4) is 5.75 Å². The molecule has 0 saturated carbocycles. The van der Waals surface area contributed by atoms with Crippen molar-refractivity contribution >= 4 is 11.9 Å². The molecule has 0 fully saturated rings. The number of allylic oxidation sites excluding steroid dienone is 3. The first-order valence-electron chi connectivity index (χ1n) is 6.53. The van der Waals surface area contributed by atoms with Crippen LogP contribution in [0.4, 0.5) is 8.78 Å². The Kier molecular flexibility index (Phi) is 5.25. The third kappa shape index (κ3) is 4.70. The molecule has 1 aromatic carbocycles. The largest absolute Gasteiger partial charge is 0.465 e. The van der Waals surface area contributed by atoms with E-state index in [1.807, 2.05) is 6.92 Å². The number of hydrogen-bond acceptors (Lipinski definition) is 3. The summed E-state index contributed by atoms with van der Waals surface area (Å²) in [6, 6.07) is 9.24. The van der Waals surface area contributed by atoms with Crippen molar-refractivity contribution in [2.75, 3.05) is 0 Å². The highest BCUT2D eigenvalue weighted by atomic mass is 19.3. The average molecular weight is 304 g/mol. The number of carbonyl (C=O) groups excluding carboxylic acids is 1. The molecule has 22 heavy (non-hydrogen) atoms. The summed E-state index contributed by atoms with van der Waals surface area (Å²) >= 11 is 0. The molecule has 2 aromatic rings. The average Bonchev–Trinajstić information content (AvgIpc) is 2.97. The third-order valence-corrected chi connectivity index (χ3v) is 2.75. The van der Waals surface area contributed by atoms with Crippen LogP contribution in [-0.4, -0.2) is 12.4 Å². The lowest BCUT2D eigenvalue weighted by Gasteiger charge is -2.04. The van der Waals surface area contributed by atoms with Crippen molar-refractivity contribution in [3.05, 3.63) is 71.7 Å². The van der Waals surface area contributed by atoms with E-state index in [0.29, 0.717) is 5.76 Å². The van der Waals surface area contributed by atoms with E-state index in [9.17, 15) is 13.6 Å². The van der Waals surface area contributed by atoms with Crippen LogP contribution in [0.2, 0.25) is 0 Å². The zero-order valence-corrected chi connectivity index (χ0v) is 11.8. The van der Waals surface area contributed by atoms with E-state index in [1.165, 1.54) is 30.3 Å². The molecule has 0 aliphatic heterocycles. The molecule has 1 heterocycles. The van der Waals surface area contributed by atoms with Gasteiger partial charge in [-0.15, -0.1) is 0 Å². The quantitative estimate of drug-likeness (QED) is 0.440. The van der Waals surface area contributed by atoms with Gasteiger partial charge < -0.3 is 9.15 Å². The second-order valence-corrected chi connectivity index (χ2v) is 4.51. The molecular formula is C17H14F2O3. The fourth-order valence-corrected chi connectivity index (χ4v) is 1.77. The Morgan fingerprint density at radius 1 is 1.23 bits per heavy atom. The number of alkyl halides is 2. The van der Waals surface area contributed by atoms with Crippen molar-refractivity contribution in [3.63, 3.8) is 0 Å². The van der Waals surface area contributed by atoms with Gasteiger partial charge in [-0.25, -0.2) is 0 Å². The van der Waals surface area contributed by atoms with Crippen LogP contribution in [0.25, 0.3) is 6.08 Å². The number of ether oxygens (including phenoxy) is 1. The highest BCUT2D eigenvalue weighted by Crippen LogP contribution is 2.17. The Hall–Kier alpha value is -2.69. The lowest BCUT2D eigenvalue weighted by atomic mass is 10.1. The molecule has 0 N–H and O–H groups in total. The first kappa shape index (κ1) is 15.7. The summed E-state index contributed by atoms with van der Waals surface area (Å²) in [6.45, 7) is -1.10. The van der Waals surface area contributed by atoms with Gasteiger partial charge in [-0.3, -0.25) is 4.79 Å². The number of carbonyl (C=O) groups is 1. The number of rotatable bonds is 6. The van der Waals surface area contributed by atoms with Crippen LogP contribution in [0.3, 0.4) is 0 Å². The number of ketones is 1. The van der Waals surface area contributed by atoms with E-state index < -0.39 is 6.61 Å². The predicted molar refractivity (Wildman–Crippen MR) is 78.9 cm³/mol. The number of benzene rings is 1. The molecule has 0 amide bonds. The Morgan fingerprint density at radius 3 is 2.73 bits per heavy atom. The van der Waals surface area contributed by atoms with Crippen LogP contribution in [0, 0.1) is 0 Å². The Morgan fingerprint density at radius 2 is 2.05 bits per heavy atom. The number of hydrogen-bond donors (Lipinski definition) is 0. The first-order chi connectivity index (χ1) is 10.5. The summed E-state index contributed by atoms with van der Waals surface area (Å²) in [5, 5.41) is 0.